The number of fused-ring (bicyclic) bond motifs is 1. The van der Waals surface area contributed by atoms with E-state index in [4.69, 9.17) is 0 Å². The molecule has 1 unspecified atom stereocenters. The van der Waals surface area contributed by atoms with Crippen LogP contribution in [-0.2, 0) is 27.8 Å². The van der Waals surface area contributed by atoms with Gasteiger partial charge in [-0.15, -0.1) is 0 Å². The molecule has 1 aromatic carbocycles. The van der Waals surface area contributed by atoms with Crippen LogP contribution in [0.3, 0.4) is 0 Å². The van der Waals surface area contributed by atoms with E-state index in [0.717, 1.165) is 44.2 Å². The van der Waals surface area contributed by atoms with Crippen molar-refractivity contribution in [2.24, 2.45) is 0 Å². The average molecular weight is 435 g/mol. The van der Waals surface area contributed by atoms with Crippen molar-refractivity contribution in [1.82, 2.24) is 13.5 Å². The smallest absolute Gasteiger partial charge is 0.282 e. The zero-order valence-corrected chi connectivity index (χ0v) is 18.8. The third-order valence-corrected chi connectivity index (χ3v) is 8.82. The van der Waals surface area contributed by atoms with E-state index in [2.05, 4.69) is 22.3 Å². The molecule has 1 aliphatic carbocycles. The molecule has 2 heterocycles. The summed E-state index contributed by atoms with van der Waals surface area (Å²) in [6.07, 6.45) is 7.51. The quantitative estimate of drug-likeness (QED) is 0.771. The Labute approximate surface area is 180 Å². The topological polar surface area (TPSA) is 73.0 Å². The number of hydrogen-bond donors (Lipinski definition) is 1. The van der Waals surface area contributed by atoms with Crippen molar-refractivity contribution < 1.29 is 13.2 Å². The summed E-state index contributed by atoms with van der Waals surface area (Å²) in [5, 5.41) is 3.05. The first-order valence-corrected chi connectivity index (χ1v) is 12.8. The normalized spacial score (nSPS) is 23.0. The second kappa shape index (κ2) is 9.34. The van der Waals surface area contributed by atoms with Crippen LogP contribution in [0.5, 0.6) is 0 Å². The molecule has 1 atom stereocenters. The predicted octanol–water partition coefficient (Wildman–Crippen LogP) is 2.24. The van der Waals surface area contributed by atoms with Crippen molar-refractivity contribution in [2.45, 2.75) is 57.9 Å². The lowest BCUT2D eigenvalue weighted by Crippen LogP contribution is -2.56. The lowest BCUT2D eigenvalue weighted by molar-refractivity contribution is -0.121. The molecule has 4 rings (SSSR count). The molecule has 0 spiro atoms. The molecular weight excluding hydrogens is 400 g/mol. The van der Waals surface area contributed by atoms with Gasteiger partial charge in [0.1, 0.15) is 0 Å². The van der Waals surface area contributed by atoms with Crippen LogP contribution in [0, 0.1) is 0 Å². The summed E-state index contributed by atoms with van der Waals surface area (Å²) in [6, 6.07) is 5.91. The number of benzene rings is 1. The Morgan fingerprint density at radius 2 is 1.50 bits per heavy atom. The van der Waals surface area contributed by atoms with Gasteiger partial charge in [0.05, 0.1) is 6.04 Å². The van der Waals surface area contributed by atoms with Crippen molar-refractivity contribution in [1.29, 1.82) is 0 Å². The Kier molecular flexibility index (Phi) is 6.77. The first-order chi connectivity index (χ1) is 14.4. The molecule has 0 aromatic heterocycles. The molecule has 0 saturated carbocycles. The Balaban J connectivity index is 1.31. The van der Waals surface area contributed by atoms with E-state index in [1.807, 2.05) is 13.0 Å². The maximum Gasteiger partial charge on any atom is 0.282 e. The van der Waals surface area contributed by atoms with E-state index in [1.54, 1.807) is 8.61 Å². The summed E-state index contributed by atoms with van der Waals surface area (Å²) in [6.45, 7) is 5.19. The fourth-order valence-corrected chi connectivity index (χ4v) is 6.49. The highest BCUT2D eigenvalue weighted by atomic mass is 32.2. The zero-order chi connectivity index (χ0) is 21.1. The highest BCUT2D eigenvalue weighted by Crippen LogP contribution is 2.25. The van der Waals surface area contributed by atoms with Gasteiger partial charge in [0.15, 0.2) is 0 Å². The monoisotopic (exact) mass is 434 g/mol. The summed E-state index contributed by atoms with van der Waals surface area (Å²) < 4.78 is 29.2. The summed E-state index contributed by atoms with van der Waals surface area (Å²) in [5.41, 5.74) is 3.59. The van der Waals surface area contributed by atoms with Gasteiger partial charge in [0, 0.05) is 45.0 Å². The Hall–Kier alpha value is -1.48. The maximum absolute atomic E-state index is 13.0. The second-order valence-electron chi connectivity index (χ2n) is 8.76. The minimum absolute atomic E-state index is 0.0308. The van der Waals surface area contributed by atoms with E-state index < -0.39 is 10.2 Å². The van der Waals surface area contributed by atoms with Crippen LogP contribution in [0.15, 0.2) is 18.2 Å². The number of nitrogens with zero attached hydrogens (tertiary/aromatic N) is 3. The Morgan fingerprint density at radius 3 is 2.20 bits per heavy atom. The number of piperazine rings is 1. The highest BCUT2D eigenvalue weighted by Gasteiger charge is 2.34. The van der Waals surface area contributed by atoms with Gasteiger partial charge < -0.3 is 5.32 Å². The first-order valence-electron chi connectivity index (χ1n) is 11.4. The predicted molar refractivity (Wildman–Crippen MR) is 119 cm³/mol. The molecule has 1 N–H and O–H groups in total. The molecule has 0 radical (unpaired) electrons. The van der Waals surface area contributed by atoms with Crippen LogP contribution < -0.4 is 5.32 Å². The fraction of sp³-hybridized carbons (Fsp3) is 0.682. The molecular formula is C22H34N4O3S. The minimum atomic E-state index is -3.39. The van der Waals surface area contributed by atoms with E-state index in [0.29, 0.717) is 39.3 Å². The average Bonchev–Trinajstić information content (AvgIpc) is 3.03. The minimum Gasteiger partial charge on any atom is -0.325 e. The molecule has 2 saturated heterocycles. The van der Waals surface area contributed by atoms with E-state index in [9.17, 15) is 13.2 Å². The molecule has 1 amide bonds. The summed E-state index contributed by atoms with van der Waals surface area (Å²) >= 11 is 0. The number of carbonyl (C=O) groups excluding carboxylic acids is 1. The lowest BCUT2D eigenvalue weighted by Gasteiger charge is -2.38. The molecule has 3 aliphatic rings. The van der Waals surface area contributed by atoms with Crippen molar-refractivity contribution in [2.75, 3.05) is 44.6 Å². The lowest BCUT2D eigenvalue weighted by atomic mass is 10.1. The van der Waals surface area contributed by atoms with Crippen molar-refractivity contribution in [3.63, 3.8) is 0 Å². The molecule has 1 aromatic rings. The van der Waals surface area contributed by atoms with Crippen LogP contribution in [0.1, 0.15) is 50.2 Å². The summed E-state index contributed by atoms with van der Waals surface area (Å²) in [5.74, 6) is -0.0308. The van der Waals surface area contributed by atoms with Gasteiger partial charge in [0.25, 0.3) is 10.2 Å². The number of carbonyl (C=O) groups is 1. The number of nitrogens with one attached hydrogen (secondary N) is 1. The highest BCUT2D eigenvalue weighted by molar-refractivity contribution is 7.86. The summed E-state index contributed by atoms with van der Waals surface area (Å²) in [4.78, 5) is 14.9. The van der Waals surface area contributed by atoms with Crippen LogP contribution in [0.25, 0.3) is 0 Å². The van der Waals surface area contributed by atoms with Gasteiger partial charge in [-0.1, -0.05) is 18.9 Å². The van der Waals surface area contributed by atoms with Crippen LogP contribution in [-0.4, -0.2) is 73.1 Å². The van der Waals surface area contributed by atoms with Gasteiger partial charge in [-0.3, -0.25) is 9.69 Å². The Morgan fingerprint density at radius 1 is 0.867 bits per heavy atom. The standard InChI is InChI=1S/C22H34N4O3S/c1-18(22(27)23-21-10-9-19-7-6-8-20(19)17-21)24-13-15-26(16-14-24)30(28,29)25-11-4-2-3-5-12-25/h9-10,17-18H,2-8,11-16H2,1H3,(H,23,27). The van der Waals surface area contributed by atoms with Crippen molar-refractivity contribution in [3.8, 4) is 0 Å². The molecule has 7 nitrogen and oxygen atoms in total. The van der Waals surface area contributed by atoms with E-state index in [1.165, 1.54) is 17.5 Å². The van der Waals surface area contributed by atoms with Gasteiger partial charge in [-0.2, -0.15) is 17.0 Å². The SMILES string of the molecule is CC(C(=O)Nc1ccc2c(c1)CCC2)N1CCN(S(=O)(=O)N2CCCCCC2)CC1. The third-order valence-electron chi connectivity index (χ3n) is 6.78. The number of amides is 1. The van der Waals surface area contributed by atoms with E-state index in [-0.39, 0.29) is 11.9 Å². The van der Waals surface area contributed by atoms with Gasteiger partial charge in [-0.25, -0.2) is 0 Å². The van der Waals surface area contributed by atoms with Crippen LogP contribution >= 0.6 is 0 Å². The van der Waals surface area contributed by atoms with Gasteiger partial charge >= 0.3 is 0 Å². The molecule has 2 aliphatic heterocycles. The molecule has 2 fully saturated rings. The molecule has 30 heavy (non-hydrogen) atoms. The summed E-state index contributed by atoms with van der Waals surface area (Å²) in [7, 11) is -3.39. The fourth-order valence-electron chi connectivity index (χ4n) is 4.82. The largest absolute Gasteiger partial charge is 0.325 e. The molecule has 8 heteroatoms. The third kappa shape index (κ3) is 4.72. The van der Waals surface area contributed by atoms with E-state index >= 15 is 0 Å². The number of anilines is 1. The molecule has 0 bridgehead atoms. The van der Waals surface area contributed by atoms with Gasteiger partial charge in [-0.05, 0) is 62.3 Å². The van der Waals surface area contributed by atoms with Crippen molar-refractivity contribution in [3.05, 3.63) is 29.3 Å². The van der Waals surface area contributed by atoms with Crippen molar-refractivity contribution >= 4 is 21.8 Å². The molecule has 166 valence electrons. The first kappa shape index (κ1) is 21.7. The number of hydrogen-bond acceptors (Lipinski definition) is 4. The second-order valence-corrected chi connectivity index (χ2v) is 10.7. The zero-order valence-electron chi connectivity index (χ0n) is 18.0. The van der Waals surface area contributed by atoms with Gasteiger partial charge in [0.2, 0.25) is 5.91 Å². The maximum atomic E-state index is 13.0. The number of aryl methyl sites for hydroxylation is 2. The van der Waals surface area contributed by atoms with Crippen LogP contribution in [0.4, 0.5) is 5.69 Å². The Bertz CT molecular complexity index is 857. The van der Waals surface area contributed by atoms with Crippen LogP contribution in [0.2, 0.25) is 0 Å². The number of rotatable bonds is 5.